The minimum absolute atomic E-state index is 0.341. The van der Waals surface area contributed by atoms with E-state index in [0.717, 1.165) is 0 Å². The first-order valence-electron chi connectivity index (χ1n) is 4.06. The van der Waals surface area contributed by atoms with E-state index in [1.807, 2.05) is 18.4 Å². The van der Waals surface area contributed by atoms with Crippen LogP contribution in [0.4, 0.5) is 0 Å². The molecule has 0 aromatic carbocycles. The maximum absolute atomic E-state index is 3.78. The van der Waals surface area contributed by atoms with Gasteiger partial charge in [-0.05, 0) is 23.4 Å². The van der Waals surface area contributed by atoms with Crippen molar-refractivity contribution in [3.8, 4) is 0 Å². The normalized spacial score (nSPS) is 25.2. The van der Waals surface area contributed by atoms with Crippen molar-refractivity contribution in [1.82, 2.24) is 5.32 Å². The van der Waals surface area contributed by atoms with Crippen molar-refractivity contribution in [2.75, 3.05) is 0 Å². The first-order chi connectivity index (χ1) is 5.92. The fourth-order valence-electron chi connectivity index (χ4n) is 1.49. The number of fused-ring (bicyclic) bond motifs is 1. The van der Waals surface area contributed by atoms with Gasteiger partial charge in [0.05, 0.1) is 6.04 Å². The van der Waals surface area contributed by atoms with Gasteiger partial charge in [-0.1, -0.05) is 37.0 Å². The van der Waals surface area contributed by atoms with E-state index in [1.54, 1.807) is 0 Å². The van der Waals surface area contributed by atoms with Crippen LogP contribution in [0.1, 0.15) is 0 Å². The molecule has 0 radical (unpaired) electrons. The SMILES string of the molecule is C=CC1=C2C=CC=CC2NC=C1. The van der Waals surface area contributed by atoms with E-state index in [2.05, 4.69) is 36.2 Å². The highest BCUT2D eigenvalue weighted by molar-refractivity contribution is 5.49. The second-order valence-electron chi connectivity index (χ2n) is 2.84. The van der Waals surface area contributed by atoms with Gasteiger partial charge in [0, 0.05) is 0 Å². The molecule has 1 heterocycles. The Kier molecular flexibility index (Phi) is 1.71. The molecule has 0 saturated heterocycles. The van der Waals surface area contributed by atoms with Crippen molar-refractivity contribution in [1.29, 1.82) is 0 Å². The van der Waals surface area contributed by atoms with Gasteiger partial charge in [0.25, 0.3) is 0 Å². The second-order valence-corrected chi connectivity index (χ2v) is 2.84. The summed E-state index contributed by atoms with van der Waals surface area (Å²) in [6.45, 7) is 3.78. The van der Waals surface area contributed by atoms with Gasteiger partial charge >= 0.3 is 0 Å². The summed E-state index contributed by atoms with van der Waals surface area (Å²) in [5.41, 5.74) is 2.51. The van der Waals surface area contributed by atoms with Crippen LogP contribution in [0.3, 0.4) is 0 Å². The second kappa shape index (κ2) is 2.86. The Morgan fingerprint density at radius 1 is 1.33 bits per heavy atom. The predicted molar refractivity (Wildman–Crippen MR) is 51.6 cm³/mol. The maximum atomic E-state index is 3.78. The quantitative estimate of drug-likeness (QED) is 0.614. The van der Waals surface area contributed by atoms with Crippen LogP contribution in [0.2, 0.25) is 0 Å². The van der Waals surface area contributed by atoms with Crippen LogP contribution < -0.4 is 5.32 Å². The smallest absolute Gasteiger partial charge is 0.0701 e. The number of allylic oxidation sites excluding steroid dienone is 5. The molecule has 60 valence electrons. The topological polar surface area (TPSA) is 12.0 Å². The summed E-state index contributed by atoms with van der Waals surface area (Å²) >= 11 is 0. The molecule has 0 amide bonds. The van der Waals surface area contributed by atoms with Gasteiger partial charge in [-0.25, -0.2) is 0 Å². The Labute approximate surface area is 72.5 Å². The maximum Gasteiger partial charge on any atom is 0.0701 e. The van der Waals surface area contributed by atoms with Gasteiger partial charge in [0.15, 0.2) is 0 Å². The summed E-state index contributed by atoms with van der Waals surface area (Å²) in [6.07, 6.45) is 14.3. The molecule has 0 spiro atoms. The van der Waals surface area contributed by atoms with Crippen molar-refractivity contribution in [2.45, 2.75) is 6.04 Å². The highest BCUT2D eigenvalue weighted by atomic mass is 14.9. The first kappa shape index (κ1) is 7.17. The fraction of sp³-hybridized carbons (Fsp3) is 0.0909. The minimum atomic E-state index is 0.341. The molecule has 1 heteroatoms. The van der Waals surface area contributed by atoms with Crippen LogP contribution in [0.15, 0.2) is 60.4 Å². The molecule has 0 bridgehead atoms. The van der Waals surface area contributed by atoms with Crippen LogP contribution in [-0.4, -0.2) is 6.04 Å². The molecular formula is C11H11N. The number of hydrogen-bond donors (Lipinski definition) is 1. The summed E-state index contributed by atoms with van der Waals surface area (Å²) in [5, 5.41) is 3.26. The molecule has 12 heavy (non-hydrogen) atoms. The highest BCUT2D eigenvalue weighted by Gasteiger charge is 2.14. The lowest BCUT2D eigenvalue weighted by molar-refractivity contribution is 0.788. The Morgan fingerprint density at radius 3 is 3.08 bits per heavy atom. The third kappa shape index (κ3) is 1.03. The van der Waals surface area contributed by atoms with E-state index in [0.29, 0.717) is 6.04 Å². The zero-order valence-corrected chi connectivity index (χ0v) is 6.83. The molecule has 1 aliphatic heterocycles. The van der Waals surface area contributed by atoms with Crippen LogP contribution in [0.5, 0.6) is 0 Å². The van der Waals surface area contributed by atoms with Crippen LogP contribution in [0, 0.1) is 0 Å². The minimum Gasteiger partial charge on any atom is -0.381 e. The summed E-state index contributed by atoms with van der Waals surface area (Å²) < 4.78 is 0. The Hall–Kier alpha value is -1.50. The molecule has 0 aromatic rings. The van der Waals surface area contributed by atoms with Crippen molar-refractivity contribution < 1.29 is 0 Å². The van der Waals surface area contributed by atoms with Crippen LogP contribution in [0.25, 0.3) is 0 Å². The lowest BCUT2D eigenvalue weighted by Gasteiger charge is -2.22. The van der Waals surface area contributed by atoms with E-state index in [1.165, 1.54) is 11.1 Å². The van der Waals surface area contributed by atoms with Crippen molar-refractivity contribution >= 4 is 0 Å². The third-order valence-corrected chi connectivity index (χ3v) is 2.12. The third-order valence-electron chi connectivity index (χ3n) is 2.12. The van der Waals surface area contributed by atoms with Gasteiger partial charge in [-0.2, -0.15) is 0 Å². The zero-order valence-electron chi connectivity index (χ0n) is 6.83. The van der Waals surface area contributed by atoms with Gasteiger partial charge < -0.3 is 5.32 Å². The molecule has 1 aliphatic carbocycles. The highest BCUT2D eigenvalue weighted by Crippen LogP contribution is 2.20. The van der Waals surface area contributed by atoms with E-state index in [-0.39, 0.29) is 0 Å². The summed E-state index contributed by atoms with van der Waals surface area (Å²) in [7, 11) is 0. The van der Waals surface area contributed by atoms with E-state index in [4.69, 9.17) is 0 Å². The Bertz CT molecular complexity index is 316. The molecule has 2 aliphatic rings. The number of nitrogens with one attached hydrogen (secondary N) is 1. The average Bonchev–Trinajstić information content (AvgIpc) is 2.17. The van der Waals surface area contributed by atoms with Crippen LogP contribution >= 0.6 is 0 Å². The molecule has 0 aromatic heterocycles. The predicted octanol–water partition coefficient (Wildman–Crippen LogP) is 2.08. The molecule has 1 N–H and O–H groups in total. The fourth-order valence-corrected chi connectivity index (χ4v) is 1.49. The number of hydrogen-bond acceptors (Lipinski definition) is 1. The zero-order chi connectivity index (χ0) is 8.39. The lowest BCUT2D eigenvalue weighted by Crippen LogP contribution is -2.27. The standard InChI is InChI=1S/C11H11N/c1-2-9-7-8-12-11-6-4-3-5-10(9)11/h2-8,11-12H,1H2. The monoisotopic (exact) mass is 157 g/mol. The Morgan fingerprint density at radius 2 is 2.25 bits per heavy atom. The van der Waals surface area contributed by atoms with Crippen LogP contribution in [-0.2, 0) is 0 Å². The van der Waals surface area contributed by atoms with E-state index >= 15 is 0 Å². The molecule has 0 fully saturated rings. The molecule has 0 saturated carbocycles. The first-order valence-corrected chi connectivity index (χ1v) is 4.06. The van der Waals surface area contributed by atoms with Gasteiger partial charge in [0.1, 0.15) is 0 Å². The Balaban J connectivity index is 2.46. The number of rotatable bonds is 1. The lowest BCUT2D eigenvalue weighted by atomic mass is 9.94. The average molecular weight is 157 g/mol. The molecule has 1 nitrogen and oxygen atoms in total. The van der Waals surface area contributed by atoms with Crippen molar-refractivity contribution in [3.05, 3.63) is 60.4 Å². The summed E-state index contributed by atoms with van der Waals surface area (Å²) in [4.78, 5) is 0. The van der Waals surface area contributed by atoms with Crippen molar-refractivity contribution in [2.24, 2.45) is 0 Å². The number of dihydropyridines is 1. The van der Waals surface area contributed by atoms with Gasteiger partial charge in [0.2, 0.25) is 0 Å². The largest absolute Gasteiger partial charge is 0.381 e. The molecule has 1 atom stereocenters. The summed E-state index contributed by atoms with van der Waals surface area (Å²) in [6, 6.07) is 0.341. The van der Waals surface area contributed by atoms with Gasteiger partial charge in [-0.15, -0.1) is 0 Å². The molecule has 2 rings (SSSR count). The molecule has 1 unspecified atom stereocenters. The van der Waals surface area contributed by atoms with E-state index < -0.39 is 0 Å². The van der Waals surface area contributed by atoms with Crippen molar-refractivity contribution in [3.63, 3.8) is 0 Å². The van der Waals surface area contributed by atoms with Gasteiger partial charge in [-0.3, -0.25) is 0 Å². The molecular weight excluding hydrogens is 146 g/mol. The summed E-state index contributed by atoms with van der Waals surface area (Å²) in [5.74, 6) is 0. The van der Waals surface area contributed by atoms with E-state index in [9.17, 15) is 0 Å².